The van der Waals surface area contributed by atoms with Gasteiger partial charge in [0.15, 0.2) is 0 Å². The van der Waals surface area contributed by atoms with E-state index >= 15 is 0 Å². The van der Waals surface area contributed by atoms with Gasteiger partial charge in [-0.2, -0.15) is 0 Å². The number of sulfonamides is 1. The summed E-state index contributed by atoms with van der Waals surface area (Å²) in [7, 11) is -3.92. The highest BCUT2D eigenvalue weighted by atomic mass is 35.5. The Labute approximate surface area is 155 Å². The molecule has 1 aliphatic carbocycles. The summed E-state index contributed by atoms with van der Waals surface area (Å²) in [6, 6.07) is 8.38. The van der Waals surface area contributed by atoms with Crippen molar-refractivity contribution in [2.45, 2.75) is 24.2 Å². The Bertz CT molecular complexity index is 1010. The van der Waals surface area contributed by atoms with Crippen molar-refractivity contribution in [1.82, 2.24) is 0 Å². The van der Waals surface area contributed by atoms with E-state index in [9.17, 15) is 17.6 Å². The van der Waals surface area contributed by atoms with E-state index in [1.807, 2.05) is 6.07 Å². The van der Waals surface area contributed by atoms with Crippen molar-refractivity contribution in [2.24, 2.45) is 5.92 Å². The van der Waals surface area contributed by atoms with Crippen LogP contribution < -0.4 is 9.62 Å². The Balaban J connectivity index is 1.61. The lowest BCUT2D eigenvalue weighted by molar-refractivity contribution is -0.119. The molecule has 0 radical (unpaired) electrons. The molecule has 0 aromatic heterocycles. The van der Waals surface area contributed by atoms with E-state index in [4.69, 9.17) is 11.6 Å². The van der Waals surface area contributed by atoms with Gasteiger partial charge >= 0.3 is 0 Å². The molecule has 2 aliphatic rings. The molecule has 136 valence electrons. The minimum absolute atomic E-state index is 0.0997. The first-order chi connectivity index (χ1) is 12.3. The van der Waals surface area contributed by atoms with Gasteiger partial charge in [0.05, 0.1) is 15.6 Å². The van der Waals surface area contributed by atoms with Gasteiger partial charge in [-0.15, -0.1) is 0 Å². The number of nitrogens with one attached hydrogen (secondary N) is 1. The fourth-order valence-electron chi connectivity index (χ4n) is 3.08. The summed E-state index contributed by atoms with van der Waals surface area (Å²) in [5.74, 6) is -0.478. The molecular formula is C18H16ClFN2O3S. The Hall–Kier alpha value is -2.12. The Morgan fingerprint density at radius 1 is 1.19 bits per heavy atom. The molecule has 0 spiro atoms. The van der Waals surface area contributed by atoms with Crippen molar-refractivity contribution < 1.29 is 17.6 Å². The van der Waals surface area contributed by atoms with E-state index in [1.165, 1.54) is 0 Å². The summed E-state index contributed by atoms with van der Waals surface area (Å²) in [5.41, 5.74) is 2.12. The summed E-state index contributed by atoms with van der Waals surface area (Å²) in [5, 5.41) is -0.261. The van der Waals surface area contributed by atoms with Crippen molar-refractivity contribution in [3.05, 3.63) is 52.8 Å². The Kier molecular flexibility index (Phi) is 4.16. The molecule has 1 saturated carbocycles. The van der Waals surface area contributed by atoms with Crippen LogP contribution in [0.15, 0.2) is 41.3 Å². The largest absolute Gasteiger partial charge is 0.312 e. The van der Waals surface area contributed by atoms with Crippen LogP contribution in [0.2, 0.25) is 5.02 Å². The maximum Gasteiger partial charge on any atom is 0.261 e. The molecular weight excluding hydrogens is 379 g/mol. The summed E-state index contributed by atoms with van der Waals surface area (Å²) in [6.45, 7) is 0.619. The molecule has 1 amide bonds. The van der Waals surface area contributed by atoms with Gasteiger partial charge in [0.25, 0.3) is 10.0 Å². The second kappa shape index (κ2) is 6.25. The fourth-order valence-corrected chi connectivity index (χ4v) is 4.40. The number of carbonyl (C=O) groups excluding carboxylic acids is 1. The summed E-state index contributed by atoms with van der Waals surface area (Å²) >= 11 is 5.68. The van der Waals surface area contributed by atoms with Crippen LogP contribution in [0.5, 0.6) is 0 Å². The molecule has 26 heavy (non-hydrogen) atoms. The molecule has 8 heteroatoms. The Morgan fingerprint density at radius 2 is 1.96 bits per heavy atom. The van der Waals surface area contributed by atoms with Gasteiger partial charge in [-0.05, 0) is 55.2 Å². The fraction of sp³-hybridized carbons (Fsp3) is 0.278. The maximum atomic E-state index is 13.3. The predicted octanol–water partition coefficient (Wildman–Crippen LogP) is 3.58. The summed E-state index contributed by atoms with van der Waals surface area (Å²) < 4.78 is 40.8. The van der Waals surface area contributed by atoms with Crippen molar-refractivity contribution >= 4 is 38.9 Å². The minimum atomic E-state index is -3.92. The normalized spacial score (nSPS) is 16.5. The first kappa shape index (κ1) is 17.3. The molecule has 2 aromatic carbocycles. The quantitative estimate of drug-likeness (QED) is 0.861. The van der Waals surface area contributed by atoms with E-state index in [-0.39, 0.29) is 21.7 Å². The third-order valence-corrected chi connectivity index (χ3v) is 6.30. The zero-order chi connectivity index (χ0) is 18.5. The number of hydrogen-bond acceptors (Lipinski definition) is 3. The third-order valence-electron chi connectivity index (χ3n) is 4.63. The third kappa shape index (κ3) is 3.17. The first-order valence-corrected chi connectivity index (χ1v) is 10.1. The molecule has 0 saturated heterocycles. The van der Waals surface area contributed by atoms with Crippen molar-refractivity contribution in [3.8, 4) is 0 Å². The molecule has 0 unspecified atom stereocenters. The second-order valence-corrected chi connectivity index (χ2v) is 8.63. The van der Waals surface area contributed by atoms with Crippen molar-refractivity contribution in [2.75, 3.05) is 16.2 Å². The average molecular weight is 395 g/mol. The Morgan fingerprint density at radius 3 is 2.65 bits per heavy atom. The number of nitrogens with zero attached hydrogens (tertiary/aromatic N) is 1. The van der Waals surface area contributed by atoms with Crippen LogP contribution >= 0.6 is 11.6 Å². The molecule has 1 fully saturated rings. The number of amides is 1. The van der Waals surface area contributed by atoms with Gasteiger partial charge < -0.3 is 4.90 Å². The van der Waals surface area contributed by atoms with Crippen LogP contribution in [0.1, 0.15) is 18.4 Å². The maximum absolute atomic E-state index is 13.3. The number of benzene rings is 2. The molecule has 1 heterocycles. The zero-order valence-corrected chi connectivity index (χ0v) is 15.3. The first-order valence-electron chi connectivity index (χ1n) is 8.27. The SMILES string of the molecule is O=C(C1CC1)N1CCc2ccc(NS(=O)(=O)c3ccc(F)c(Cl)c3)cc21. The zero-order valence-electron chi connectivity index (χ0n) is 13.7. The molecule has 4 rings (SSSR count). The highest BCUT2D eigenvalue weighted by Crippen LogP contribution is 2.37. The van der Waals surface area contributed by atoms with Crippen LogP contribution in [0, 0.1) is 11.7 Å². The minimum Gasteiger partial charge on any atom is -0.312 e. The number of halogens is 2. The lowest BCUT2D eigenvalue weighted by Crippen LogP contribution is -2.30. The van der Waals surface area contributed by atoms with Crippen molar-refractivity contribution in [1.29, 1.82) is 0 Å². The standard InChI is InChI=1S/C18H16ClFN2O3S/c19-15-10-14(5-6-16(15)20)26(24,25)21-13-4-3-11-7-8-22(17(11)9-13)18(23)12-1-2-12/h3-6,9-10,12,21H,1-2,7-8H2. The highest BCUT2D eigenvalue weighted by molar-refractivity contribution is 7.92. The van der Waals surface area contributed by atoms with Crippen LogP contribution in [0.3, 0.4) is 0 Å². The van der Waals surface area contributed by atoms with E-state index in [0.29, 0.717) is 12.2 Å². The summed E-state index contributed by atoms with van der Waals surface area (Å²) in [6.07, 6.45) is 2.60. The number of anilines is 2. The molecule has 0 atom stereocenters. The number of carbonyl (C=O) groups is 1. The van der Waals surface area contributed by atoms with Gasteiger partial charge in [-0.3, -0.25) is 9.52 Å². The molecule has 1 N–H and O–H groups in total. The lowest BCUT2D eigenvalue weighted by atomic mass is 10.1. The number of hydrogen-bond donors (Lipinski definition) is 1. The lowest BCUT2D eigenvalue weighted by Gasteiger charge is -2.18. The number of fused-ring (bicyclic) bond motifs is 1. The van der Waals surface area contributed by atoms with Crippen LogP contribution in [0.4, 0.5) is 15.8 Å². The number of rotatable bonds is 4. The highest BCUT2D eigenvalue weighted by Gasteiger charge is 2.36. The van der Waals surface area contributed by atoms with Gasteiger partial charge in [-0.1, -0.05) is 17.7 Å². The van der Waals surface area contributed by atoms with Crippen LogP contribution in [-0.4, -0.2) is 20.9 Å². The summed E-state index contributed by atoms with van der Waals surface area (Å²) in [4.78, 5) is 14.0. The van der Waals surface area contributed by atoms with Gasteiger partial charge in [0, 0.05) is 18.2 Å². The van der Waals surface area contributed by atoms with Crippen LogP contribution in [0.25, 0.3) is 0 Å². The van der Waals surface area contributed by atoms with Crippen molar-refractivity contribution in [3.63, 3.8) is 0 Å². The average Bonchev–Trinajstić information content (AvgIpc) is 3.36. The molecule has 2 aromatic rings. The smallest absolute Gasteiger partial charge is 0.261 e. The van der Waals surface area contributed by atoms with Gasteiger partial charge in [-0.25, -0.2) is 12.8 Å². The van der Waals surface area contributed by atoms with Crippen LogP contribution in [-0.2, 0) is 21.2 Å². The van der Waals surface area contributed by atoms with Gasteiger partial charge in [0.1, 0.15) is 5.82 Å². The molecule has 5 nitrogen and oxygen atoms in total. The molecule has 1 aliphatic heterocycles. The second-order valence-electron chi connectivity index (χ2n) is 6.54. The van der Waals surface area contributed by atoms with E-state index in [1.54, 1.807) is 17.0 Å². The topological polar surface area (TPSA) is 66.5 Å². The van der Waals surface area contributed by atoms with E-state index < -0.39 is 15.8 Å². The van der Waals surface area contributed by atoms with Gasteiger partial charge in [0.2, 0.25) is 5.91 Å². The van der Waals surface area contributed by atoms with E-state index in [0.717, 1.165) is 48.7 Å². The van der Waals surface area contributed by atoms with E-state index in [2.05, 4.69) is 4.72 Å². The molecule has 0 bridgehead atoms. The monoisotopic (exact) mass is 394 g/mol. The predicted molar refractivity (Wildman–Crippen MR) is 97.4 cm³/mol.